The lowest BCUT2D eigenvalue weighted by molar-refractivity contribution is 0.573. The van der Waals surface area contributed by atoms with Crippen molar-refractivity contribution < 1.29 is 0 Å². The Labute approximate surface area is 77.2 Å². The molecule has 0 aliphatic heterocycles. The maximum atomic E-state index is 3.18. The van der Waals surface area contributed by atoms with Crippen LogP contribution in [0, 0.1) is 0 Å². The summed E-state index contributed by atoms with van der Waals surface area (Å²) in [5.41, 5.74) is 1.56. The van der Waals surface area contributed by atoms with Gasteiger partial charge in [0.05, 0.1) is 0 Å². The molecule has 0 aromatic carbocycles. The van der Waals surface area contributed by atoms with Gasteiger partial charge in [-0.2, -0.15) is 0 Å². The summed E-state index contributed by atoms with van der Waals surface area (Å²) in [4.78, 5) is 3.18. The van der Waals surface area contributed by atoms with Crippen molar-refractivity contribution in [1.29, 1.82) is 0 Å². The maximum absolute atomic E-state index is 3.18. The van der Waals surface area contributed by atoms with Gasteiger partial charge in [0.2, 0.25) is 0 Å². The van der Waals surface area contributed by atoms with Crippen LogP contribution in [-0.2, 0) is 5.41 Å². The Bertz CT molecular complexity index is 167. The molecule has 1 nitrogen and oxygen atoms in total. The van der Waals surface area contributed by atoms with E-state index in [1.54, 1.807) is 0 Å². The molecule has 12 heavy (non-hydrogen) atoms. The summed E-state index contributed by atoms with van der Waals surface area (Å²) >= 11 is 0. The highest BCUT2D eigenvalue weighted by Gasteiger charge is 2.12. The Morgan fingerprint density at radius 3 is 1.83 bits per heavy atom. The SMILES string of the molecule is C.CC.CC(C)(C)c1ccc[nH]1. The fraction of sp³-hybridized carbons (Fsp3) is 0.636. The van der Waals surface area contributed by atoms with Crippen LogP contribution in [0.2, 0.25) is 0 Å². The minimum absolute atomic E-state index is 0. The zero-order chi connectivity index (χ0) is 8.91. The van der Waals surface area contributed by atoms with Gasteiger partial charge in [0.15, 0.2) is 0 Å². The van der Waals surface area contributed by atoms with E-state index in [1.807, 2.05) is 26.1 Å². The summed E-state index contributed by atoms with van der Waals surface area (Å²) in [5.74, 6) is 0. The van der Waals surface area contributed by atoms with Gasteiger partial charge in [0.25, 0.3) is 0 Å². The quantitative estimate of drug-likeness (QED) is 0.604. The minimum atomic E-state index is 0. The van der Waals surface area contributed by atoms with Crippen LogP contribution in [0.3, 0.4) is 0 Å². The highest BCUT2D eigenvalue weighted by Crippen LogP contribution is 2.18. The molecule has 0 fully saturated rings. The first-order valence-electron chi connectivity index (χ1n) is 4.24. The standard InChI is InChI=1S/C8H13N.C2H6.CH4/c1-8(2,3)7-5-4-6-9-7;1-2;/h4-6,9H,1-3H3;1-2H3;1H4. The van der Waals surface area contributed by atoms with Crippen molar-refractivity contribution in [3.05, 3.63) is 24.0 Å². The van der Waals surface area contributed by atoms with Crippen LogP contribution >= 0.6 is 0 Å². The van der Waals surface area contributed by atoms with Gasteiger partial charge in [-0.05, 0) is 12.1 Å². The molecular weight excluding hydrogens is 146 g/mol. The summed E-state index contributed by atoms with van der Waals surface area (Å²) in [7, 11) is 0. The predicted molar refractivity (Wildman–Crippen MR) is 57.6 cm³/mol. The predicted octanol–water partition coefficient (Wildman–Crippen LogP) is 3.97. The number of aromatic nitrogens is 1. The Morgan fingerprint density at radius 2 is 1.67 bits per heavy atom. The summed E-state index contributed by atoms with van der Waals surface area (Å²) < 4.78 is 0. The first-order chi connectivity index (χ1) is 5.11. The molecule has 0 radical (unpaired) electrons. The molecule has 0 amide bonds. The Balaban J connectivity index is 0. The van der Waals surface area contributed by atoms with Gasteiger partial charge in [-0.15, -0.1) is 0 Å². The second kappa shape index (κ2) is 5.87. The monoisotopic (exact) mass is 169 g/mol. The van der Waals surface area contributed by atoms with Gasteiger partial charge in [0, 0.05) is 17.3 Å². The lowest BCUT2D eigenvalue weighted by Gasteiger charge is -2.15. The van der Waals surface area contributed by atoms with Crippen molar-refractivity contribution in [2.24, 2.45) is 0 Å². The minimum Gasteiger partial charge on any atom is -0.365 e. The van der Waals surface area contributed by atoms with Crippen molar-refractivity contribution >= 4 is 0 Å². The van der Waals surface area contributed by atoms with E-state index in [0.717, 1.165) is 0 Å². The molecule has 0 aliphatic rings. The molecule has 0 saturated heterocycles. The van der Waals surface area contributed by atoms with Gasteiger partial charge < -0.3 is 4.98 Å². The molecule has 0 unspecified atom stereocenters. The highest BCUT2D eigenvalue weighted by atomic mass is 14.7. The molecule has 0 atom stereocenters. The summed E-state index contributed by atoms with van der Waals surface area (Å²) in [6, 6.07) is 4.14. The molecular formula is C11H23N. The summed E-state index contributed by atoms with van der Waals surface area (Å²) in [5, 5.41) is 0. The normalized spacial score (nSPS) is 9.42. The molecule has 1 aromatic rings. The number of aromatic amines is 1. The highest BCUT2D eigenvalue weighted by molar-refractivity contribution is 5.12. The van der Waals surface area contributed by atoms with Gasteiger partial charge in [-0.25, -0.2) is 0 Å². The van der Waals surface area contributed by atoms with Gasteiger partial charge >= 0.3 is 0 Å². The number of hydrogen-bond acceptors (Lipinski definition) is 0. The number of hydrogen-bond donors (Lipinski definition) is 1. The second-order valence-corrected chi connectivity index (χ2v) is 3.33. The van der Waals surface area contributed by atoms with Crippen LogP contribution in [0.25, 0.3) is 0 Å². The van der Waals surface area contributed by atoms with Crippen molar-refractivity contribution in [3.63, 3.8) is 0 Å². The van der Waals surface area contributed by atoms with Gasteiger partial charge in [-0.1, -0.05) is 42.0 Å². The van der Waals surface area contributed by atoms with E-state index < -0.39 is 0 Å². The van der Waals surface area contributed by atoms with Gasteiger partial charge in [-0.3, -0.25) is 0 Å². The smallest absolute Gasteiger partial charge is 0.0201 e. The molecule has 1 aromatic heterocycles. The molecule has 1 heteroatoms. The van der Waals surface area contributed by atoms with E-state index in [4.69, 9.17) is 0 Å². The molecule has 72 valence electrons. The largest absolute Gasteiger partial charge is 0.365 e. The van der Waals surface area contributed by atoms with Crippen LogP contribution in [0.4, 0.5) is 0 Å². The molecule has 1 heterocycles. The zero-order valence-electron chi connectivity index (χ0n) is 8.23. The maximum Gasteiger partial charge on any atom is 0.0201 e. The van der Waals surface area contributed by atoms with E-state index in [-0.39, 0.29) is 12.8 Å². The number of H-pyrrole nitrogens is 1. The molecule has 0 spiro atoms. The molecule has 0 aliphatic carbocycles. The van der Waals surface area contributed by atoms with Crippen LogP contribution < -0.4 is 0 Å². The van der Waals surface area contributed by atoms with E-state index in [2.05, 4.69) is 31.8 Å². The topological polar surface area (TPSA) is 15.8 Å². The Kier molecular flexibility index (Phi) is 6.77. The Morgan fingerprint density at radius 1 is 1.17 bits per heavy atom. The summed E-state index contributed by atoms with van der Waals surface area (Å²) in [6.07, 6.45) is 1.96. The van der Waals surface area contributed by atoms with Crippen molar-refractivity contribution in [1.82, 2.24) is 4.98 Å². The summed E-state index contributed by atoms with van der Waals surface area (Å²) in [6.45, 7) is 10.6. The lowest BCUT2D eigenvalue weighted by atomic mass is 9.93. The average Bonchev–Trinajstić information content (AvgIpc) is 2.40. The van der Waals surface area contributed by atoms with Crippen LogP contribution in [0.1, 0.15) is 47.7 Å². The molecule has 0 bridgehead atoms. The third kappa shape index (κ3) is 4.22. The lowest BCUT2D eigenvalue weighted by Crippen LogP contribution is -2.10. The van der Waals surface area contributed by atoms with Crippen LogP contribution in [0.15, 0.2) is 18.3 Å². The molecule has 1 rings (SSSR count). The van der Waals surface area contributed by atoms with E-state index in [1.165, 1.54) is 5.69 Å². The first-order valence-corrected chi connectivity index (χ1v) is 4.24. The van der Waals surface area contributed by atoms with E-state index in [9.17, 15) is 0 Å². The fourth-order valence-corrected chi connectivity index (χ4v) is 0.797. The number of rotatable bonds is 0. The fourth-order valence-electron chi connectivity index (χ4n) is 0.797. The Hall–Kier alpha value is -0.720. The molecule has 1 N–H and O–H groups in total. The van der Waals surface area contributed by atoms with Crippen molar-refractivity contribution in [2.75, 3.05) is 0 Å². The van der Waals surface area contributed by atoms with E-state index >= 15 is 0 Å². The number of nitrogens with one attached hydrogen (secondary N) is 1. The third-order valence-corrected chi connectivity index (χ3v) is 1.41. The third-order valence-electron chi connectivity index (χ3n) is 1.41. The molecule has 0 saturated carbocycles. The second-order valence-electron chi connectivity index (χ2n) is 3.33. The van der Waals surface area contributed by atoms with Crippen LogP contribution in [-0.4, -0.2) is 4.98 Å². The van der Waals surface area contributed by atoms with E-state index in [0.29, 0.717) is 0 Å². The van der Waals surface area contributed by atoms with Crippen molar-refractivity contribution in [2.45, 2.75) is 47.5 Å². The van der Waals surface area contributed by atoms with Gasteiger partial charge in [0.1, 0.15) is 0 Å². The first kappa shape index (κ1) is 13.8. The van der Waals surface area contributed by atoms with Crippen molar-refractivity contribution in [3.8, 4) is 0 Å². The van der Waals surface area contributed by atoms with Crippen LogP contribution in [0.5, 0.6) is 0 Å². The zero-order valence-corrected chi connectivity index (χ0v) is 8.23. The average molecular weight is 169 g/mol.